The van der Waals surface area contributed by atoms with Gasteiger partial charge in [-0.3, -0.25) is 0 Å². The molecule has 1 aliphatic heterocycles. The minimum Gasteiger partial charge on any atom is -0.461 e. The molecule has 0 amide bonds. The van der Waals surface area contributed by atoms with Gasteiger partial charge in [0.25, 0.3) is 0 Å². The number of carbonyl (C=O) groups is 1. The van der Waals surface area contributed by atoms with Crippen LogP contribution in [0, 0.1) is 5.82 Å². The molecule has 0 aliphatic carbocycles. The van der Waals surface area contributed by atoms with Gasteiger partial charge in [-0.05, 0) is 23.8 Å². The van der Waals surface area contributed by atoms with E-state index < -0.39 is 5.92 Å². The standard InChI is InChI=1S/C18H14BrFO2/c19-10-9-17-18(12-5-7-13(20)8-6-12)15(11-21)14-3-1-2-4-16(14)22-17/h1-8,11,15H,9-10H2. The van der Waals surface area contributed by atoms with Gasteiger partial charge in [-0.2, -0.15) is 0 Å². The maximum absolute atomic E-state index is 13.2. The van der Waals surface area contributed by atoms with Gasteiger partial charge < -0.3 is 9.53 Å². The lowest BCUT2D eigenvalue weighted by Crippen LogP contribution is -2.16. The van der Waals surface area contributed by atoms with E-state index in [0.717, 1.165) is 34.1 Å². The molecule has 2 aromatic carbocycles. The number of halogens is 2. The predicted molar refractivity (Wildman–Crippen MR) is 87.6 cm³/mol. The molecule has 2 aromatic rings. The van der Waals surface area contributed by atoms with Crippen LogP contribution >= 0.6 is 15.9 Å². The first-order valence-electron chi connectivity index (χ1n) is 7.01. The molecule has 0 spiro atoms. The Morgan fingerprint density at radius 3 is 2.55 bits per heavy atom. The Kier molecular flexibility index (Phi) is 4.39. The summed E-state index contributed by atoms with van der Waals surface area (Å²) in [7, 11) is 0. The number of benzene rings is 2. The Balaban J connectivity index is 2.16. The van der Waals surface area contributed by atoms with Crippen LogP contribution in [0.25, 0.3) is 5.57 Å². The highest BCUT2D eigenvalue weighted by molar-refractivity contribution is 9.09. The molecule has 1 unspecified atom stereocenters. The third kappa shape index (κ3) is 2.71. The van der Waals surface area contributed by atoms with Crippen molar-refractivity contribution in [1.82, 2.24) is 0 Å². The molecule has 0 N–H and O–H groups in total. The Morgan fingerprint density at radius 2 is 1.86 bits per heavy atom. The second-order valence-electron chi connectivity index (χ2n) is 5.04. The van der Waals surface area contributed by atoms with Crippen LogP contribution in [0.15, 0.2) is 54.3 Å². The molecule has 4 heteroatoms. The van der Waals surface area contributed by atoms with Crippen LogP contribution in [-0.4, -0.2) is 11.6 Å². The molecular formula is C18H14BrFO2. The first kappa shape index (κ1) is 15.0. The van der Waals surface area contributed by atoms with Crippen molar-refractivity contribution in [3.63, 3.8) is 0 Å². The van der Waals surface area contributed by atoms with E-state index in [1.807, 2.05) is 24.3 Å². The van der Waals surface area contributed by atoms with Gasteiger partial charge in [-0.1, -0.05) is 46.3 Å². The number of aldehydes is 1. The van der Waals surface area contributed by atoms with Crippen LogP contribution in [0.5, 0.6) is 5.75 Å². The highest BCUT2D eigenvalue weighted by Crippen LogP contribution is 2.43. The van der Waals surface area contributed by atoms with E-state index in [-0.39, 0.29) is 5.82 Å². The minimum atomic E-state index is -0.399. The van der Waals surface area contributed by atoms with Crippen LogP contribution in [0.4, 0.5) is 4.39 Å². The van der Waals surface area contributed by atoms with E-state index in [4.69, 9.17) is 4.74 Å². The molecule has 0 fully saturated rings. The lowest BCUT2D eigenvalue weighted by atomic mass is 9.84. The maximum Gasteiger partial charge on any atom is 0.132 e. The van der Waals surface area contributed by atoms with Crippen LogP contribution in [0.2, 0.25) is 0 Å². The van der Waals surface area contributed by atoms with Gasteiger partial charge in [0.15, 0.2) is 0 Å². The first-order valence-corrected chi connectivity index (χ1v) is 8.13. The molecule has 2 nitrogen and oxygen atoms in total. The van der Waals surface area contributed by atoms with Crippen molar-refractivity contribution in [3.05, 3.63) is 71.2 Å². The average Bonchev–Trinajstić information content (AvgIpc) is 2.55. The summed E-state index contributed by atoms with van der Waals surface area (Å²) in [5.41, 5.74) is 2.47. The van der Waals surface area contributed by atoms with E-state index in [1.165, 1.54) is 12.1 Å². The summed E-state index contributed by atoms with van der Waals surface area (Å²) in [6, 6.07) is 13.7. The normalized spacial score (nSPS) is 16.9. The molecule has 0 saturated heterocycles. The Hall–Kier alpha value is -1.94. The number of rotatable bonds is 4. The smallest absolute Gasteiger partial charge is 0.132 e. The number of alkyl halides is 1. The molecule has 0 bridgehead atoms. The van der Waals surface area contributed by atoms with Crippen molar-refractivity contribution in [1.29, 1.82) is 0 Å². The highest BCUT2D eigenvalue weighted by atomic mass is 79.9. The molecule has 112 valence electrons. The van der Waals surface area contributed by atoms with Crippen molar-refractivity contribution in [2.75, 3.05) is 5.33 Å². The van der Waals surface area contributed by atoms with E-state index in [1.54, 1.807) is 12.1 Å². The van der Waals surface area contributed by atoms with Crippen LogP contribution in [0.1, 0.15) is 23.5 Å². The summed E-state index contributed by atoms with van der Waals surface area (Å²) >= 11 is 3.42. The molecule has 0 aromatic heterocycles. The molecule has 0 saturated carbocycles. The van der Waals surface area contributed by atoms with E-state index in [9.17, 15) is 9.18 Å². The average molecular weight is 361 g/mol. The fourth-order valence-corrected chi connectivity index (χ4v) is 3.09. The molecule has 3 rings (SSSR count). The molecule has 0 radical (unpaired) electrons. The number of para-hydroxylation sites is 1. The fourth-order valence-electron chi connectivity index (χ4n) is 2.73. The van der Waals surface area contributed by atoms with Crippen molar-refractivity contribution in [3.8, 4) is 5.75 Å². The quantitative estimate of drug-likeness (QED) is 0.583. The summed E-state index contributed by atoms with van der Waals surface area (Å²) in [4.78, 5) is 11.7. The van der Waals surface area contributed by atoms with Gasteiger partial charge in [0.2, 0.25) is 0 Å². The van der Waals surface area contributed by atoms with Gasteiger partial charge in [0.05, 0.1) is 5.92 Å². The fraction of sp³-hybridized carbons (Fsp3) is 0.167. The first-order chi connectivity index (χ1) is 10.7. The van der Waals surface area contributed by atoms with Gasteiger partial charge >= 0.3 is 0 Å². The van der Waals surface area contributed by atoms with Crippen LogP contribution in [0.3, 0.4) is 0 Å². The SMILES string of the molecule is O=CC1C(c2ccc(F)cc2)=C(CCBr)Oc2ccccc21. The third-order valence-electron chi connectivity index (χ3n) is 3.71. The number of fused-ring (bicyclic) bond motifs is 1. The minimum absolute atomic E-state index is 0.300. The van der Waals surface area contributed by atoms with Crippen molar-refractivity contribution < 1.29 is 13.9 Å². The zero-order valence-corrected chi connectivity index (χ0v) is 13.3. The molecule has 1 heterocycles. The molecule has 1 aliphatic rings. The Morgan fingerprint density at radius 1 is 1.14 bits per heavy atom. The number of hydrogen-bond acceptors (Lipinski definition) is 2. The van der Waals surface area contributed by atoms with Crippen LogP contribution in [-0.2, 0) is 4.79 Å². The van der Waals surface area contributed by atoms with Gasteiger partial charge in [-0.25, -0.2) is 4.39 Å². The monoisotopic (exact) mass is 360 g/mol. The summed E-state index contributed by atoms with van der Waals surface area (Å²) in [5.74, 6) is 0.760. The zero-order chi connectivity index (χ0) is 15.5. The number of ether oxygens (including phenoxy) is 1. The Bertz CT molecular complexity index is 722. The van der Waals surface area contributed by atoms with Gasteiger partial charge in [0.1, 0.15) is 23.6 Å². The van der Waals surface area contributed by atoms with Gasteiger partial charge in [-0.15, -0.1) is 0 Å². The Labute approximate surface area is 136 Å². The second-order valence-corrected chi connectivity index (χ2v) is 5.83. The third-order valence-corrected chi connectivity index (χ3v) is 4.11. The van der Waals surface area contributed by atoms with E-state index >= 15 is 0 Å². The molecule has 1 atom stereocenters. The number of hydrogen-bond donors (Lipinski definition) is 0. The molecular weight excluding hydrogens is 347 g/mol. The predicted octanol–water partition coefficient (Wildman–Crippen LogP) is 4.70. The van der Waals surface area contributed by atoms with Crippen LogP contribution < -0.4 is 4.74 Å². The lowest BCUT2D eigenvalue weighted by molar-refractivity contribution is -0.108. The van der Waals surface area contributed by atoms with Crippen molar-refractivity contribution >= 4 is 27.8 Å². The maximum atomic E-state index is 13.2. The lowest BCUT2D eigenvalue weighted by Gasteiger charge is -2.28. The second kappa shape index (κ2) is 6.44. The topological polar surface area (TPSA) is 26.3 Å². The summed E-state index contributed by atoms with van der Waals surface area (Å²) in [5, 5.41) is 0.723. The van der Waals surface area contributed by atoms with E-state index in [2.05, 4.69) is 15.9 Å². The largest absolute Gasteiger partial charge is 0.461 e. The number of carbonyl (C=O) groups excluding carboxylic acids is 1. The summed E-state index contributed by atoms with van der Waals surface area (Å²) in [6.45, 7) is 0. The van der Waals surface area contributed by atoms with E-state index in [0.29, 0.717) is 12.2 Å². The van der Waals surface area contributed by atoms with Gasteiger partial charge in [0, 0.05) is 22.9 Å². The molecule has 22 heavy (non-hydrogen) atoms. The summed E-state index contributed by atoms with van der Waals surface area (Å²) < 4.78 is 19.2. The summed E-state index contributed by atoms with van der Waals surface area (Å²) in [6.07, 6.45) is 1.58. The van der Waals surface area contributed by atoms with Crippen molar-refractivity contribution in [2.45, 2.75) is 12.3 Å². The zero-order valence-electron chi connectivity index (χ0n) is 11.8. The number of allylic oxidation sites excluding steroid dienone is 2. The van der Waals surface area contributed by atoms with Crippen molar-refractivity contribution in [2.24, 2.45) is 0 Å². The highest BCUT2D eigenvalue weighted by Gasteiger charge is 2.29.